The third-order valence-electron chi connectivity index (χ3n) is 8.45. The summed E-state index contributed by atoms with van der Waals surface area (Å²) in [6.07, 6.45) is 10.9. The third kappa shape index (κ3) is 2.35. The lowest BCUT2D eigenvalue weighted by Gasteiger charge is -2.58. The topological polar surface area (TPSA) is 34.1 Å². The van der Waals surface area contributed by atoms with Crippen LogP contribution in [0.1, 0.15) is 72.1 Å². The summed E-state index contributed by atoms with van der Waals surface area (Å²) in [6, 6.07) is 0. The number of carbonyl (C=O) groups excluding carboxylic acids is 2. The number of hydrogen-bond acceptors (Lipinski definition) is 2. The number of allylic oxidation sites excluding steroid dienone is 1. The van der Waals surface area contributed by atoms with Crippen molar-refractivity contribution < 1.29 is 9.59 Å². The molecule has 0 heterocycles. The molecular weight excluding hydrogens is 320 g/mol. The summed E-state index contributed by atoms with van der Waals surface area (Å²) < 4.78 is 0. The van der Waals surface area contributed by atoms with Gasteiger partial charge in [-0.25, -0.2) is 0 Å². The Hall–Kier alpha value is -0.630. The molecule has 4 rings (SSSR count). The fourth-order valence-corrected chi connectivity index (χ4v) is 7.23. The number of halogens is 1. The van der Waals surface area contributed by atoms with Gasteiger partial charge in [-0.1, -0.05) is 19.4 Å². The van der Waals surface area contributed by atoms with Crippen molar-refractivity contribution in [3.05, 3.63) is 11.6 Å². The minimum Gasteiger partial charge on any atom is -0.300 e. The molecule has 0 aromatic heterocycles. The van der Waals surface area contributed by atoms with Gasteiger partial charge in [-0.05, 0) is 86.5 Å². The van der Waals surface area contributed by atoms with Crippen LogP contribution in [-0.4, -0.2) is 11.6 Å². The molecule has 0 aromatic carbocycles. The molecule has 3 saturated carbocycles. The highest BCUT2D eigenvalue weighted by Gasteiger charge is 2.59. The van der Waals surface area contributed by atoms with Gasteiger partial charge in [0.15, 0.2) is 5.78 Å². The smallest absolute Gasteiger partial charge is 0.155 e. The molecule has 4 aliphatic rings. The molecular formula is C21H31ClO2. The summed E-state index contributed by atoms with van der Waals surface area (Å²) in [7, 11) is 0. The van der Waals surface area contributed by atoms with Crippen LogP contribution in [0.3, 0.4) is 0 Å². The van der Waals surface area contributed by atoms with Crippen LogP contribution >= 0.6 is 12.4 Å². The first kappa shape index (κ1) is 18.2. The molecule has 0 saturated heterocycles. The minimum absolute atomic E-state index is 0. The quantitative estimate of drug-likeness (QED) is 0.655. The highest BCUT2D eigenvalue weighted by Crippen LogP contribution is 2.66. The molecule has 0 spiro atoms. The van der Waals surface area contributed by atoms with Crippen LogP contribution in [-0.2, 0) is 9.59 Å². The Kier molecular flexibility index (Phi) is 4.52. The lowest BCUT2D eigenvalue weighted by atomic mass is 9.47. The van der Waals surface area contributed by atoms with Gasteiger partial charge in [0, 0.05) is 12.3 Å². The van der Waals surface area contributed by atoms with Gasteiger partial charge in [0.2, 0.25) is 0 Å². The Morgan fingerprint density at radius 3 is 2.50 bits per heavy atom. The number of hydrogen-bond donors (Lipinski definition) is 0. The Morgan fingerprint density at radius 2 is 1.79 bits per heavy atom. The van der Waals surface area contributed by atoms with Gasteiger partial charge < -0.3 is 0 Å². The molecule has 0 bridgehead atoms. The molecule has 0 amide bonds. The van der Waals surface area contributed by atoms with E-state index < -0.39 is 0 Å². The summed E-state index contributed by atoms with van der Waals surface area (Å²) >= 11 is 0. The van der Waals surface area contributed by atoms with E-state index in [9.17, 15) is 9.59 Å². The first-order valence-electron chi connectivity index (χ1n) is 9.60. The van der Waals surface area contributed by atoms with E-state index in [0.29, 0.717) is 17.5 Å². The fraction of sp³-hybridized carbons (Fsp3) is 0.810. The highest BCUT2D eigenvalue weighted by atomic mass is 35.5. The van der Waals surface area contributed by atoms with E-state index in [0.717, 1.165) is 43.4 Å². The van der Waals surface area contributed by atoms with Crippen LogP contribution in [0.2, 0.25) is 0 Å². The normalized spacial score (nSPS) is 47.0. The molecule has 6 atom stereocenters. The van der Waals surface area contributed by atoms with Crippen molar-refractivity contribution in [3.63, 3.8) is 0 Å². The molecule has 0 aliphatic heterocycles. The van der Waals surface area contributed by atoms with Gasteiger partial charge in [0.05, 0.1) is 0 Å². The van der Waals surface area contributed by atoms with E-state index >= 15 is 0 Å². The van der Waals surface area contributed by atoms with Crippen molar-refractivity contribution in [3.8, 4) is 0 Å². The summed E-state index contributed by atoms with van der Waals surface area (Å²) in [5.74, 6) is 3.29. The molecule has 0 aromatic rings. The summed E-state index contributed by atoms with van der Waals surface area (Å²) in [4.78, 5) is 24.0. The van der Waals surface area contributed by atoms with Gasteiger partial charge in [-0.2, -0.15) is 0 Å². The molecule has 4 aliphatic carbocycles. The van der Waals surface area contributed by atoms with E-state index in [4.69, 9.17) is 0 Å². The first-order valence-corrected chi connectivity index (χ1v) is 9.60. The van der Waals surface area contributed by atoms with Crippen LogP contribution < -0.4 is 0 Å². The van der Waals surface area contributed by atoms with Gasteiger partial charge in [0.25, 0.3) is 0 Å². The summed E-state index contributed by atoms with van der Waals surface area (Å²) in [6.45, 7) is 6.65. The number of carbonyl (C=O) groups is 2. The minimum atomic E-state index is 0. The van der Waals surface area contributed by atoms with E-state index in [1.807, 2.05) is 6.08 Å². The fourth-order valence-electron chi connectivity index (χ4n) is 7.23. The number of Topliss-reactive ketones (excluding diaryl/α,β-unsaturated/α-hetero) is 1. The van der Waals surface area contributed by atoms with Crippen molar-refractivity contribution >= 4 is 24.0 Å². The van der Waals surface area contributed by atoms with E-state index in [1.165, 1.54) is 31.3 Å². The summed E-state index contributed by atoms with van der Waals surface area (Å²) in [5.41, 5.74) is 1.95. The summed E-state index contributed by atoms with van der Waals surface area (Å²) in [5, 5.41) is 0. The molecule has 24 heavy (non-hydrogen) atoms. The lowest BCUT2D eigenvalue weighted by Crippen LogP contribution is -2.51. The van der Waals surface area contributed by atoms with Crippen molar-refractivity contribution in [1.29, 1.82) is 0 Å². The second kappa shape index (κ2) is 5.97. The standard InChI is InChI=1S/C21H30O2.ClH/c1-13(22)17-6-7-18-16-5-4-14-12-15(23)8-10-20(14,2)19(16)9-11-21(17,18)3;/h12,16-19H,4-11H2,1-3H3;1H. The Balaban J connectivity index is 0.00000169. The van der Waals surface area contributed by atoms with Crippen molar-refractivity contribution in [2.24, 2.45) is 34.5 Å². The molecule has 3 heteroatoms. The molecule has 6 unspecified atom stereocenters. The zero-order valence-electron chi connectivity index (χ0n) is 15.3. The van der Waals surface area contributed by atoms with Crippen LogP contribution in [0, 0.1) is 34.5 Å². The monoisotopic (exact) mass is 350 g/mol. The van der Waals surface area contributed by atoms with E-state index in [1.54, 1.807) is 6.92 Å². The SMILES string of the molecule is CC(=O)C1CCC2C3CCC4=CC(=O)CCC4(C)C3CCC12C.Cl. The maximum Gasteiger partial charge on any atom is 0.155 e. The molecule has 0 radical (unpaired) electrons. The Labute approximate surface area is 152 Å². The average molecular weight is 351 g/mol. The van der Waals surface area contributed by atoms with E-state index in [2.05, 4.69) is 13.8 Å². The molecule has 3 fully saturated rings. The van der Waals surface area contributed by atoms with Crippen LogP contribution in [0.5, 0.6) is 0 Å². The average Bonchev–Trinajstić information content (AvgIpc) is 2.85. The second-order valence-corrected chi connectivity index (χ2v) is 9.25. The van der Waals surface area contributed by atoms with Crippen LogP contribution in [0.15, 0.2) is 11.6 Å². The Morgan fingerprint density at radius 1 is 1.04 bits per heavy atom. The first-order chi connectivity index (χ1) is 10.9. The van der Waals surface area contributed by atoms with Gasteiger partial charge in [-0.3, -0.25) is 9.59 Å². The molecule has 2 nitrogen and oxygen atoms in total. The zero-order valence-corrected chi connectivity index (χ0v) is 16.1. The zero-order chi connectivity index (χ0) is 16.4. The largest absolute Gasteiger partial charge is 0.300 e. The van der Waals surface area contributed by atoms with Crippen molar-refractivity contribution in [1.82, 2.24) is 0 Å². The number of fused-ring (bicyclic) bond motifs is 5. The van der Waals surface area contributed by atoms with Crippen molar-refractivity contribution in [2.75, 3.05) is 0 Å². The maximum atomic E-state index is 12.1. The predicted molar refractivity (Wildman–Crippen MR) is 98.1 cm³/mol. The van der Waals surface area contributed by atoms with Gasteiger partial charge in [0.1, 0.15) is 5.78 Å². The Bertz CT molecular complexity index is 595. The lowest BCUT2D eigenvalue weighted by molar-refractivity contribution is -0.128. The second-order valence-electron chi connectivity index (χ2n) is 9.25. The van der Waals surface area contributed by atoms with E-state index in [-0.39, 0.29) is 23.2 Å². The van der Waals surface area contributed by atoms with Gasteiger partial charge in [-0.15, -0.1) is 12.4 Å². The molecule has 134 valence electrons. The number of rotatable bonds is 1. The van der Waals surface area contributed by atoms with Crippen LogP contribution in [0.4, 0.5) is 0 Å². The van der Waals surface area contributed by atoms with Crippen LogP contribution in [0.25, 0.3) is 0 Å². The maximum absolute atomic E-state index is 12.1. The third-order valence-corrected chi connectivity index (χ3v) is 8.45. The number of ketones is 2. The highest BCUT2D eigenvalue weighted by molar-refractivity contribution is 5.91. The van der Waals surface area contributed by atoms with Crippen molar-refractivity contribution in [2.45, 2.75) is 72.1 Å². The van der Waals surface area contributed by atoms with Gasteiger partial charge >= 0.3 is 0 Å². The molecule has 0 N–H and O–H groups in total. The predicted octanol–water partition coefficient (Wildman–Crippen LogP) is 5.15.